The molecule has 2 aromatic rings. The Kier molecular flexibility index (Phi) is 4.22. The zero-order valence-electron chi connectivity index (χ0n) is 15.3. The topological polar surface area (TPSA) is 3.24 Å². The molecule has 1 nitrogen and oxygen atoms in total. The van der Waals surface area contributed by atoms with E-state index in [9.17, 15) is 0 Å². The molecule has 0 aromatic heterocycles. The van der Waals surface area contributed by atoms with E-state index >= 15 is 0 Å². The zero-order valence-corrected chi connectivity index (χ0v) is 15.3. The fourth-order valence-corrected chi connectivity index (χ4v) is 5.02. The third kappa shape index (κ3) is 2.69. The van der Waals surface area contributed by atoms with E-state index < -0.39 is 0 Å². The van der Waals surface area contributed by atoms with Gasteiger partial charge in [-0.1, -0.05) is 60.5 Å². The molecule has 1 heteroatoms. The Bertz CT molecular complexity index is 715. The van der Waals surface area contributed by atoms with Gasteiger partial charge in [-0.15, -0.1) is 0 Å². The van der Waals surface area contributed by atoms with Crippen LogP contribution in [0.25, 0.3) is 0 Å². The van der Waals surface area contributed by atoms with Crippen LogP contribution in [0.4, 0.5) is 0 Å². The molecule has 0 radical (unpaired) electrons. The summed E-state index contributed by atoms with van der Waals surface area (Å²) < 4.78 is 0. The van der Waals surface area contributed by atoms with Crippen molar-refractivity contribution < 1.29 is 0 Å². The average molecular weight is 319 g/mol. The number of likely N-dealkylation sites (tertiary alicyclic amines) is 1. The third-order valence-electron chi connectivity index (χ3n) is 6.13. The number of fused-ring (bicyclic) bond motifs is 3. The van der Waals surface area contributed by atoms with Gasteiger partial charge < -0.3 is 4.90 Å². The molecule has 1 fully saturated rings. The van der Waals surface area contributed by atoms with E-state index in [0.29, 0.717) is 11.8 Å². The maximum absolute atomic E-state index is 2.68. The molecule has 3 atom stereocenters. The summed E-state index contributed by atoms with van der Waals surface area (Å²) in [7, 11) is 0. The smallest absolute Gasteiger partial charge is 0.0127 e. The third-order valence-corrected chi connectivity index (χ3v) is 6.13. The van der Waals surface area contributed by atoms with Crippen molar-refractivity contribution in [2.45, 2.75) is 45.4 Å². The number of rotatable bonds is 3. The first-order chi connectivity index (χ1) is 11.7. The number of benzene rings is 2. The number of hydrogen-bond acceptors (Lipinski definition) is 1. The molecular formula is C23H29N. The highest BCUT2D eigenvalue weighted by Gasteiger charge is 2.43. The second kappa shape index (κ2) is 6.37. The number of nitrogens with zero attached hydrogens (tertiary/aromatic N) is 1. The summed E-state index contributed by atoms with van der Waals surface area (Å²) in [5.74, 6) is 2.08. The second-order valence-corrected chi connectivity index (χ2v) is 7.88. The molecule has 0 bridgehead atoms. The average Bonchev–Trinajstić information content (AvgIpc) is 2.89. The van der Waals surface area contributed by atoms with Crippen molar-refractivity contribution in [1.82, 2.24) is 4.90 Å². The van der Waals surface area contributed by atoms with Crippen LogP contribution in [0.15, 0.2) is 42.5 Å². The normalized spacial score (nSPS) is 26.2. The van der Waals surface area contributed by atoms with Gasteiger partial charge in [-0.05, 0) is 62.4 Å². The largest absolute Gasteiger partial charge is 0.303 e. The van der Waals surface area contributed by atoms with E-state index in [1.165, 1.54) is 49.2 Å². The number of aryl methyl sites for hydroxylation is 2. The highest BCUT2D eigenvalue weighted by molar-refractivity contribution is 5.48. The standard InChI is InChI=1S/C23H29N/c1-4-12-24-13-11-20-22(15-24)19-10-7-17(3)14-21(19)23(20)18-8-5-16(2)6-9-18/h5-10,14,20,22-23H,4,11-13,15H2,1-3H3/t20-,22-,23+/m0/s1. The molecule has 2 aliphatic rings. The van der Waals surface area contributed by atoms with Crippen LogP contribution in [0, 0.1) is 19.8 Å². The van der Waals surface area contributed by atoms with Crippen LogP contribution in [-0.2, 0) is 0 Å². The summed E-state index contributed by atoms with van der Waals surface area (Å²) in [5, 5.41) is 0. The van der Waals surface area contributed by atoms with Gasteiger partial charge in [-0.2, -0.15) is 0 Å². The lowest BCUT2D eigenvalue weighted by Crippen LogP contribution is -2.39. The predicted molar refractivity (Wildman–Crippen MR) is 102 cm³/mol. The van der Waals surface area contributed by atoms with Crippen molar-refractivity contribution in [3.05, 3.63) is 70.3 Å². The summed E-state index contributed by atoms with van der Waals surface area (Å²) in [5.41, 5.74) is 7.50. The quantitative estimate of drug-likeness (QED) is 0.745. The summed E-state index contributed by atoms with van der Waals surface area (Å²) in [6.07, 6.45) is 2.59. The van der Waals surface area contributed by atoms with E-state index in [1.807, 2.05) is 0 Å². The van der Waals surface area contributed by atoms with Crippen LogP contribution in [0.3, 0.4) is 0 Å². The SMILES string of the molecule is CCCN1CC[C@@H]2[C@@H](c3ccc(C)cc3)c3cc(C)ccc3[C@@H]2C1. The molecule has 1 heterocycles. The van der Waals surface area contributed by atoms with Crippen molar-refractivity contribution in [2.75, 3.05) is 19.6 Å². The van der Waals surface area contributed by atoms with Crippen molar-refractivity contribution in [1.29, 1.82) is 0 Å². The number of hydrogen-bond donors (Lipinski definition) is 0. The van der Waals surface area contributed by atoms with Gasteiger partial charge in [0, 0.05) is 18.4 Å². The lowest BCUT2D eigenvalue weighted by molar-refractivity contribution is 0.161. The van der Waals surface area contributed by atoms with Crippen LogP contribution >= 0.6 is 0 Å². The monoisotopic (exact) mass is 319 g/mol. The minimum Gasteiger partial charge on any atom is -0.303 e. The van der Waals surface area contributed by atoms with Crippen molar-refractivity contribution in [3.8, 4) is 0 Å². The molecule has 0 unspecified atom stereocenters. The van der Waals surface area contributed by atoms with Crippen LogP contribution < -0.4 is 0 Å². The molecule has 1 aliphatic heterocycles. The summed E-state index contributed by atoms with van der Waals surface area (Å²) in [6, 6.07) is 16.5. The fraction of sp³-hybridized carbons (Fsp3) is 0.478. The molecule has 1 aliphatic carbocycles. The Morgan fingerprint density at radius 2 is 1.71 bits per heavy atom. The van der Waals surface area contributed by atoms with Crippen LogP contribution in [0.5, 0.6) is 0 Å². The second-order valence-electron chi connectivity index (χ2n) is 7.88. The summed E-state index contributed by atoms with van der Waals surface area (Å²) >= 11 is 0. The van der Waals surface area contributed by atoms with Gasteiger partial charge in [0.15, 0.2) is 0 Å². The van der Waals surface area contributed by atoms with Gasteiger partial charge in [0.25, 0.3) is 0 Å². The van der Waals surface area contributed by atoms with Crippen LogP contribution in [0.1, 0.15) is 59.4 Å². The first-order valence-electron chi connectivity index (χ1n) is 9.56. The molecule has 126 valence electrons. The first-order valence-corrected chi connectivity index (χ1v) is 9.56. The highest BCUT2D eigenvalue weighted by atomic mass is 15.1. The Morgan fingerprint density at radius 3 is 2.46 bits per heavy atom. The Morgan fingerprint density at radius 1 is 0.958 bits per heavy atom. The Labute approximate surface area is 146 Å². The molecule has 0 spiro atoms. The van der Waals surface area contributed by atoms with Gasteiger partial charge >= 0.3 is 0 Å². The Hall–Kier alpha value is -1.60. The molecular weight excluding hydrogens is 290 g/mol. The van der Waals surface area contributed by atoms with E-state index in [4.69, 9.17) is 0 Å². The maximum atomic E-state index is 2.68. The van der Waals surface area contributed by atoms with Gasteiger partial charge in [0.1, 0.15) is 0 Å². The molecule has 1 saturated heterocycles. The molecule has 4 rings (SSSR count). The first kappa shape index (κ1) is 15.9. The molecule has 2 aromatic carbocycles. The van der Waals surface area contributed by atoms with Gasteiger partial charge in [-0.3, -0.25) is 0 Å². The van der Waals surface area contributed by atoms with Gasteiger partial charge in [0.2, 0.25) is 0 Å². The molecule has 24 heavy (non-hydrogen) atoms. The zero-order chi connectivity index (χ0) is 16.7. The van der Waals surface area contributed by atoms with E-state index in [0.717, 1.165) is 5.92 Å². The van der Waals surface area contributed by atoms with Gasteiger partial charge in [0.05, 0.1) is 0 Å². The van der Waals surface area contributed by atoms with Crippen molar-refractivity contribution in [2.24, 2.45) is 5.92 Å². The lowest BCUT2D eigenvalue weighted by atomic mass is 9.78. The minimum absolute atomic E-state index is 0.592. The van der Waals surface area contributed by atoms with E-state index in [1.54, 1.807) is 11.1 Å². The van der Waals surface area contributed by atoms with Crippen molar-refractivity contribution in [3.63, 3.8) is 0 Å². The van der Waals surface area contributed by atoms with E-state index in [2.05, 4.69) is 68.1 Å². The molecule has 0 saturated carbocycles. The van der Waals surface area contributed by atoms with E-state index in [-0.39, 0.29) is 0 Å². The summed E-state index contributed by atoms with van der Waals surface area (Å²) in [4.78, 5) is 2.68. The molecule has 0 amide bonds. The lowest BCUT2D eigenvalue weighted by Gasteiger charge is -2.37. The summed E-state index contributed by atoms with van der Waals surface area (Å²) in [6.45, 7) is 10.5. The minimum atomic E-state index is 0.592. The highest BCUT2D eigenvalue weighted by Crippen LogP contribution is 2.53. The van der Waals surface area contributed by atoms with Crippen molar-refractivity contribution >= 4 is 0 Å². The maximum Gasteiger partial charge on any atom is 0.0127 e. The Balaban J connectivity index is 1.75. The van der Waals surface area contributed by atoms with Crippen LogP contribution in [-0.4, -0.2) is 24.5 Å². The number of piperidine rings is 1. The fourth-order valence-electron chi connectivity index (χ4n) is 5.02. The van der Waals surface area contributed by atoms with Gasteiger partial charge in [-0.25, -0.2) is 0 Å². The molecule has 0 N–H and O–H groups in total. The predicted octanol–water partition coefficient (Wildman–Crippen LogP) is 5.26. The van der Waals surface area contributed by atoms with Crippen LogP contribution in [0.2, 0.25) is 0 Å².